The van der Waals surface area contributed by atoms with Crippen LogP contribution in [0.5, 0.6) is 5.75 Å². The number of rotatable bonds is 10. The van der Waals surface area contributed by atoms with Gasteiger partial charge >= 0.3 is 0 Å². The zero-order valence-corrected chi connectivity index (χ0v) is 17.9. The molecule has 4 N–H and O–H groups in total. The van der Waals surface area contributed by atoms with Crippen molar-refractivity contribution in [1.29, 1.82) is 0 Å². The van der Waals surface area contributed by atoms with Gasteiger partial charge in [0.2, 0.25) is 0 Å². The normalized spacial score (nSPS) is 15.9. The van der Waals surface area contributed by atoms with E-state index in [1.54, 1.807) is 18.2 Å². The van der Waals surface area contributed by atoms with Crippen LogP contribution in [0.4, 0.5) is 0 Å². The number of aromatic hydroxyl groups is 1. The summed E-state index contributed by atoms with van der Waals surface area (Å²) in [6.45, 7) is 9.85. The van der Waals surface area contributed by atoms with Gasteiger partial charge in [-0.2, -0.15) is 0 Å². The topological polar surface area (TPSA) is 89.0 Å². The Labute approximate surface area is 175 Å². The highest BCUT2D eigenvalue weighted by molar-refractivity contribution is 5.94. The fourth-order valence-electron chi connectivity index (χ4n) is 3.42. The summed E-state index contributed by atoms with van der Waals surface area (Å²) in [5.41, 5.74) is 0.466. The zero-order chi connectivity index (χ0) is 20.9. The predicted molar refractivity (Wildman–Crippen MR) is 119 cm³/mol. The molecular weight excluding hydrogens is 366 g/mol. The van der Waals surface area contributed by atoms with Gasteiger partial charge in [-0.15, -0.1) is 0 Å². The van der Waals surface area contributed by atoms with Crippen LogP contribution in [0.15, 0.2) is 29.3 Å². The van der Waals surface area contributed by atoms with Crippen molar-refractivity contribution in [1.82, 2.24) is 20.9 Å². The number of hydrogen-bond acceptors (Lipinski definition) is 4. The number of aliphatic imine (C=N–C) groups is 1. The summed E-state index contributed by atoms with van der Waals surface area (Å²) in [6, 6.07) is 6.84. The first kappa shape index (κ1) is 23.0. The van der Waals surface area contributed by atoms with Crippen LogP contribution in [0.1, 0.15) is 56.3 Å². The second-order valence-corrected chi connectivity index (χ2v) is 7.53. The highest BCUT2D eigenvalue weighted by Crippen LogP contribution is 2.11. The summed E-state index contributed by atoms with van der Waals surface area (Å²) < 4.78 is 0. The molecule has 7 heteroatoms. The number of unbranched alkanes of at least 4 members (excludes halogenated alkanes) is 1. The number of hydrogen-bond donors (Lipinski definition) is 4. The molecule has 0 radical (unpaired) electrons. The third kappa shape index (κ3) is 8.73. The molecule has 1 aliphatic heterocycles. The van der Waals surface area contributed by atoms with E-state index in [9.17, 15) is 9.90 Å². The number of benzene rings is 1. The summed E-state index contributed by atoms with van der Waals surface area (Å²) in [6.07, 6.45) is 5.59. The Bertz CT molecular complexity index is 642. The van der Waals surface area contributed by atoms with Crippen molar-refractivity contribution in [3.8, 4) is 5.75 Å². The van der Waals surface area contributed by atoms with E-state index in [2.05, 4.69) is 39.7 Å². The Morgan fingerprint density at radius 3 is 2.69 bits per heavy atom. The van der Waals surface area contributed by atoms with Crippen LogP contribution in [0, 0.1) is 0 Å². The summed E-state index contributed by atoms with van der Waals surface area (Å²) in [7, 11) is 0. The van der Waals surface area contributed by atoms with E-state index in [1.807, 2.05) is 0 Å². The molecule has 0 unspecified atom stereocenters. The Morgan fingerprint density at radius 2 is 2.00 bits per heavy atom. The summed E-state index contributed by atoms with van der Waals surface area (Å²) in [5, 5.41) is 19.2. The number of amides is 1. The fourth-order valence-corrected chi connectivity index (χ4v) is 3.42. The minimum Gasteiger partial charge on any atom is -0.508 e. The Balaban J connectivity index is 1.69. The van der Waals surface area contributed by atoms with Crippen molar-refractivity contribution < 1.29 is 9.90 Å². The maximum Gasteiger partial charge on any atom is 0.251 e. The predicted octanol–water partition coefficient (Wildman–Crippen LogP) is 2.33. The van der Waals surface area contributed by atoms with Gasteiger partial charge in [-0.3, -0.25) is 9.79 Å². The van der Waals surface area contributed by atoms with Gasteiger partial charge in [-0.25, -0.2) is 0 Å². The molecule has 1 amide bonds. The number of guanidine groups is 1. The van der Waals surface area contributed by atoms with E-state index in [0.717, 1.165) is 44.9 Å². The molecule has 0 bridgehead atoms. The average Bonchev–Trinajstić information content (AvgIpc) is 2.73. The molecule has 0 aliphatic carbocycles. The van der Waals surface area contributed by atoms with Crippen LogP contribution in [0.3, 0.4) is 0 Å². The molecule has 0 aromatic heterocycles. The zero-order valence-electron chi connectivity index (χ0n) is 17.9. The highest BCUT2D eigenvalue weighted by atomic mass is 16.3. The van der Waals surface area contributed by atoms with Crippen molar-refractivity contribution in [2.24, 2.45) is 4.99 Å². The largest absolute Gasteiger partial charge is 0.508 e. The second-order valence-electron chi connectivity index (χ2n) is 7.53. The number of carbonyl (C=O) groups excluding carboxylic acids is 1. The molecule has 0 spiro atoms. The molecule has 1 aliphatic rings. The average molecular weight is 404 g/mol. The number of carbonyl (C=O) groups is 1. The summed E-state index contributed by atoms with van der Waals surface area (Å²) in [5.74, 6) is 0.781. The quantitative estimate of drug-likeness (QED) is 0.274. The second kappa shape index (κ2) is 13.0. The van der Waals surface area contributed by atoms with E-state index in [1.165, 1.54) is 25.5 Å². The molecule has 0 saturated carbocycles. The molecule has 1 aromatic rings. The SMILES string of the molecule is CCCCN1CCC(NC(=NCCCNC(=O)c2cccc(O)c2)NCC)CC1. The molecule has 29 heavy (non-hydrogen) atoms. The number of likely N-dealkylation sites (tertiary alicyclic amines) is 1. The lowest BCUT2D eigenvalue weighted by atomic mass is 10.0. The molecule has 162 valence electrons. The van der Waals surface area contributed by atoms with Crippen molar-refractivity contribution in [2.45, 2.75) is 52.0 Å². The molecule has 2 rings (SSSR count). The summed E-state index contributed by atoms with van der Waals surface area (Å²) >= 11 is 0. The van der Waals surface area contributed by atoms with E-state index in [4.69, 9.17) is 0 Å². The van der Waals surface area contributed by atoms with E-state index >= 15 is 0 Å². The van der Waals surface area contributed by atoms with Crippen LogP contribution in [0.2, 0.25) is 0 Å². The van der Waals surface area contributed by atoms with E-state index in [0.29, 0.717) is 24.7 Å². The minimum absolute atomic E-state index is 0.0970. The van der Waals surface area contributed by atoms with Crippen LogP contribution < -0.4 is 16.0 Å². The van der Waals surface area contributed by atoms with Crippen molar-refractivity contribution in [2.75, 3.05) is 39.3 Å². The monoisotopic (exact) mass is 403 g/mol. The van der Waals surface area contributed by atoms with Crippen molar-refractivity contribution in [3.63, 3.8) is 0 Å². The van der Waals surface area contributed by atoms with Gasteiger partial charge in [-0.1, -0.05) is 19.4 Å². The number of piperidine rings is 1. The van der Waals surface area contributed by atoms with Crippen LogP contribution >= 0.6 is 0 Å². The molecule has 1 fully saturated rings. The lowest BCUT2D eigenvalue weighted by Gasteiger charge is -2.33. The van der Waals surface area contributed by atoms with Crippen molar-refractivity contribution >= 4 is 11.9 Å². The third-order valence-corrected chi connectivity index (χ3v) is 5.10. The Kier molecular flexibility index (Phi) is 10.3. The van der Waals surface area contributed by atoms with E-state index in [-0.39, 0.29) is 11.7 Å². The first-order valence-corrected chi connectivity index (χ1v) is 11.0. The number of nitrogens with zero attached hydrogens (tertiary/aromatic N) is 2. The number of phenolic OH excluding ortho intramolecular Hbond substituents is 1. The lowest BCUT2D eigenvalue weighted by Crippen LogP contribution is -2.48. The van der Waals surface area contributed by atoms with Gasteiger partial charge in [0.05, 0.1) is 0 Å². The molecular formula is C22H37N5O2. The van der Waals surface area contributed by atoms with Gasteiger partial charge in [-0.05, 0) is 57.4 Å². The number of nitrogens with one attached hydrogen (secondary N) is 3. The van der Waals surface area contributed by atoms with Crippen LogP contribution in [0.25, 0.3) is 0 Å². The maximum absolute atomic E-state index is 12.1. The van der Waals surface area contributed by atoms with Gasteiger partial charge < -0.3 is 26.0 Å². The first-order chi connectivity index (χ1) is 14.1. The minimum atomic E-state index is -0.176. The van der Waals surface area contributed by atoms with Gasteiger partial charge in [0.25, 0.3) is 5.91 Å². The number of phenols is 1. The molecule has 1 saturated heterocycles. The molecule has 1 aromatic carbocycles. The van der Waals surface area contributed by atoms with Crippen LogP contribution in [-0.4, -0.2) is 67.2 Å². The Morgan fingerprint density at radius 1 is 1.21 bits per heavy atom. The van der Waals surface area contributed by atoms with Crippen molar-refractivity contribution in [3.05, 3.63) is 29.8 Å². The first-order valence-electron chi connectivity index (χ1n) is 11.0. The smallest absolute Gasteiger partial charge is 0.251 e. The highest BCUT2D eigenvalue weighted by Gasteiger charge is 2.19. The molecule has 0 atom stereocenters. The third-order valence-electron chi connectivity index (χ3n) is 5.10. The standard InChI is InChI=1S/C22H37N5O2/c1-3-5-14-27-15-10-19(11-16-27)26-22(23-4-2)25-13-7-12-24-21(29)18-8-6-9-20(28)17-18/h6,8-9,17,19,28H,3-5,7,10-16H2,1-2H3,(H,24,29)(H2,23,25,26). The maximum atomic E-state index is 12.1. The van der Waals surface area contributed by atoms with Crippen LogP contribution in [-0.2, 0) is 0 Å². The molecule has 1 heterocycles. The van der Waals surface area contributed by atoms with Gasteiger partial charge in [0.15, 0.2) is 5.96 Å². The summed E-state index contributed by atoms with van der Waals surface area (Å²) in [4.78, 5) is 19.3. The molecule has 7 nitrogen and oxygen atoms in total. The van der Waals surface area contributed by atoms with Gasteiger partial charge in [0.1, 0.15) is 5.75 Å². The van der Waals surface area contributed by atoms with Gasteiger partial charge in [0, 0.05) is 44.3 Å². The lowest BCUT2D eigenvalue weighted by molar-refractivity contribution is 0.0953. The van der Waals surface area contributed by atoms with E-state index < -0.39 is 0 Å². The fraction of sp³-hybridized carbons (Fsp3) is 0.636. The Hall–Kier alpha value is -2.28.